The molecule has 180 valence electrons. The predicted octanol–water partition coefficient (Wildman–Crippen LogP) is 4.95. The number of halogens is 2. The van der Waals surface area contributed by atoms with E-state index >= 15 is 0 Å². The lowest BCUT2D eigenvalue weighted by molar-refractivity contribution is 0.0940. The highest BCUT2D eigenvalue weighted by Gasteiger charge is 2.24. The largest absolute Gasteiger partial charge is 0.503 e. The molecular weight excluding hydrogens is 452 g/mol. The van der Waals surface area contributed by atoms with E-state index in [0.717, 1.165) is 65.7 Å². The van der Waals surface area contributed by atoms with Crippen LogP contribution in [0.2, 0.25) is 0 Å². The first-order chi connectivity index (χ1) is 16.9. The maximum atomic E-state index is 13.5. The van der Waals surface area contributed by atoms with Crippen molar-refractivity contribution in [3.8, 4) is 16.9 Å². The van der Waals surface area contributed by atoms with Crippen molar-refractivity contribution >= 4 is 16.8 Å². The highest BCUT2D eigenvalue weighted by Crippen LogP contribution is 2.33. The minimum Gasteiger partial charge on any atom is -0.503 e. The second-order valence-electron chi connectivity index (χ2n) is 9.07. The number of benzene rings is 2. The van der Waals surface area contributed by atoms with E-state index < -0.39 is 23.3 Å². The lowest BCUT2D eigenvalue weighted by Gasteiger charge is -2.28. The zero-order valence-corrected chi connectivity index (χ0v) is 19.2. The van der Waals surface area contributed by atoms with Crippen LogP contribution >= 0.6 is 0 Å². The molecule has 5 rings (SSSR count). The van der Waals surface area contributed by atoms with Crippen LogP contribution < -0.4 is 5.32 Å². The fourth-order valence-corrected chi connectivity index (χ4v) is 4.59. The Morgan fingerprint density at radius 3 is 2.43 bits per heavy atom. The van der Waals surface area contributed by atoms with Gasteiger partial charge in [0.25, 0.3) is 5.91 Å². The van der Waals surface area contributed by atoms with Gasteiger partial charge in [0.2, 0.25) is 0 Å². The monoisotopic (exact) mass is 477 g/mol. The van der Waals surface area contributed by atoms with Gasteiger partial charge in [0.1, 0.15) is 5.82 Å². The van der Waals surface area contributed by atoms with Crippen molar-refractivity contribution in [1.29, 1.82) is 0 Å². The van der Waals surface area contributed by atoms with Crippen molar-refractivity contribution in [2.75, 3.05) is 6.54 Å². The van der Waals surface area contributed by atoms with Crippen LogP contribution in [0.3, 0.4) is 0 Å². The molecular formula is C26H25F2N5O2. The van der Waals surface area contributed by atoms with Gasteiger partial charge in [-0.3, -0.25) is 9.48 Å². The lowest BCUT2D eigenvalue weighted by Crippen LogP contribution is -2.31. The zero-order valence-electron chi connectivity index (χ0n) is 19.2. The number of amides is 1. The van der Waals surface area contributed by atoms with Gasteiger partial charge in [0.15, 0.2) is 17.4 Å². The molecule has 0 bridgehead atoms. The van der Waals surface area contributed by atoms with E-state index in [1.807, 2.05) is 30.1 Å². The Morgan fingerprint density at radius 2 is 1.74 bits per heavy atom. The Hall–Kier alpha value is -3.88. The molecule has 0 aliphatic heterocycles. The lowest BCUT2D eigenvalue weighted by atomic mass is 9.86. The van der Waals surface area contributed by atoms with E-state index in [0.29, 0.717) is 6.54 Å². The second kappa shape index (κ2) is 9.40. The van der Waals surface area contributed by atoms with Crippen molar-refractivity contribution in [3.05, 3.63) is 71.9 Å². The normalized spacial score (nSPS) is 18.0. The average molecular weight is 478 g/mol. The molecule has 2 N–H and O–H groups in total. The van der Waals surface area contributed by atoms with Gasteiger partial charge >= 0.3 is 0 Å². The Labute approximate surface area is 200 Å². The molecule has 1 saturated carbocycles. The van der Waals surface area contributed by atoms with Crippen LogP contribution in [-0.4, -0.2) is 37.3 Å². The first-order valence-electron chi connectivity index (χ1n) is 11.6. The molecule has 9 heteroatoms. The third-order valence-corrected chi connectivity index (χ3v) is 6.66. The summed E-state index contributed by atoms with van der Waals surface area (Å²) in [5.74, 6) is -2.93. The Morgan fingerprint density at radius 1 is 1.06 bits per heavy atom. The van der Waals surface area contributed by atoms with Gasteiger partial charge < -0.3 is 10.4 Å². The van der Waals surface area contributed by atoms with Crippen LogP contribution in [0.15, 0.2) is 48.9 Å². The van der Waals surface area contributed by atoms with Crippen LogP contribution in [0.1, 0.15) is 47.9 Å². The summed E-state index contributed by atoms with van der Waals surface area (Å²) in [6.07, 6.45) is 9.37. The SMILES string of the molecule is Cc1ncc(-c2ccc3cn(C4CCC(CNC(=O)c5cc(F)c(O)c(F)c5)CC4)nc3c2)cn1. The number of hydrogen-bond acceptors (Lipinski definition) is 5. The molecule has 35 heavy (non-hydrogen) atoms. The number of aromatic hydroxyl groups is 1. The van der Waals surface area contributed by atoms with Crippen molar-refractivity contribution < 1.29 is 18.7 Å². The highest BCUT2D eigenvalue weighted by atomic mass is 19.1. The van der Waals surface area contributed by atoms with Crippen LogP contribution in [0.25, 0.3) is 22.0 Å². The first kappa shape index (κ1) is 22.9. The topological polar surface area (TPSA) is 92.9 Å². The van der Waals surface area contributed by atoms with Gasteiger partial charge in [0.05, 0.1) is 11.6 Å². The molecule has 2 aromatic carbocycles. The molecule has 1 aliphatic rings. The van der Waals surface area contributed by atoms with Crippen molar-refractivity contribution in [1.82, 2.24) is 25.1 Å². The fraction of sp³-hybridized carbons (Fsp3) is 0.308. The minimum absolute atomic E-state index is 0.147. The number of phenolic OH excluding ortho intramolecular Hbond substituents is 1. The average Bonchev–Trinajstić information content (AvgIpc) is 3.30. The van der Waals surface area contributed by atoms with Crippen LogP contribution in [0.4, 0.5) is 8.78 Å². The number of nitrogens with one attached hydrogen (secondary N) is 1. The molecule has 1 fully saturated rings. The van der Waals surface area contributed by atoms with E-state index in [-0.39, 0.29) is 17.5 Å². The maximum absolute atomic E-state index is 13.5. The Balaban J connectivity index is 1.19. The number of nitrogens with zero attached hydrogens (tertiary/aromatic N) is 4. The van der Waals surface area contributed by atoms with Crippen LogP contribution in [0, 0.1) is 24.5 Å². The second-order valence-corrected chi connectivity index (χ2v) is 9.07. The Bertz CT molecular complexity index is 1360. The standard InChI is InChI=1S/C26H25F2N5O2/c1-15-29-12-20(13-30-15)17-4-5-18-14-33(32-24(18)10-17)21-6-2-16(3-7-21)11-31-26(35)19-8-22(27)25(34)23(28)9-19/h4-5,8-10,12-14,16,21,34H,2-3,6-7,11H2,1H3,(H,31,35). The molecule has 0 atom stereocenters. The Kier molecular flexibility index (Phi) is 6.15. The zero-order chi connectivity index (χ0) is 24.5. The van der Waals surface area contributed by atoms with E-state index in [4.69, 9.17) is 5.10 Å². The summed E-state index contributed by atoms with van der Waals surface area (Å²) in [5, 5.41) is 17.8. The summed E-state index contributed by atoms with van der Waals surface area (Å²) in [7, 11) is 0. The quantitative estimate of drug-likeness (QED) is 0.424. The summed E-state index contributed by atoms with van der Waals surface area (Å²) in [6, 6.07) is 8.11. The molecule has 2 aromatic heterocycles. The van der Waals surface area contributed by atoms with Gasteiger partial charge in [-0.1, -0.05) is 12.1 Å². The predicted molar refractivity (Wildman–Crippen MR) is 127 cm³/mol. The van der Waals surface area contributed by atoms with E-state index in [1.54, 1.807) is 0 Å². The first-order valence-corrected chi connectivity index (χ1v) is 11.6. The number of fused-ring (bicyclic) bond motifs is 1. The van der Waals surface area contributed by atoms with Crippen LogP contribution in [-0.2, 0) is 0 Å². The van der Waals surface area contributed by atoms with E-state index in [1.165, 1.54) is 0 Å². The number of phenols is 1. The number of aryl methyl sites for hydroxylation is 1. The summed E-state index contributed by atoms with van der Waals surface area (Å²) in [6.45, 7) is 2.29. The van der Waals surface area contributed by atoms with Gasteiger partial charge in [-0.2, -0.15) is 5.10 Å². The van der Waals surface area contributed by atoms with Gasteiger partial charge in [-0.05, 0) is 62.3 Å². The summed E-state index contributed by atoms with van der Waals surface area (Å²) in [4.78, 5) is 20.8. The fourth-order valence-electron chi connectivity index (χ4n) is 4.59. The van der Waals surface area contributed by atoms with Gasteiger partial charge in [-0.15, -0.1) is 0 Å². The van der Waals surface area contributed by atoms with E-state index in [2.05, 4.69) is 33.6 Å². The molecule has 0 unspecified atom stereocenters. The summed E-state index contributed by atoms with van der Waals surface area (Å²) < 4.78 is 29.1. The molecule has 4 aromatic rings. The number of carbonyl (C=O) groups excluding carboxylic acids is 1. The molecule has 1 amide bonds. The molecule has 7 nitrogen and oxygen atoms in total. The summed E-state index contributed by atoms with van der Waals surface area (Å²) in [5.41, 5.74) is 2.75. The highest BCUT2D eigenvalue weighted by molar-refractivity contribution is 5.94. The van der Waals surface area contributed by atoms with Crippen molar-refractivity contribution in [2.45, 2.75) is 38.6 Å². The number of carbonyl (C=O) groups is 1. The van der Waals surface area contributed by atoms with E-state index in [9.17, 15) is 18.7 Å². The molecule has 1 aliphatic carbocycles. The number of hydrogen-bond donors (Lipinski definition) is 2. The van der Waals surface area contributed by atoms with Gasteiger partial charge in [-0.25, -0.2) is 18.7 Å². The maximum Gasteiger partial charge on any atom is 0.251 e. The number of aromatic nitrogens is 4. The molecule has 2 heterocycles. The van der Waals surface area contributed by atoms with Crippen molar-refractivity contribution in [3.63, 3.8) is 0 Å². The van der Waals surface area contributed by atoms with Crippen LogP contribution in [0.5, 0.6) is 5.75 Å². The number of rotatable bonds is 5. The van der Waals surface area contributed by atoms with Gasteiger partial charge in [0, 0.05) is 41.6 Å². The third kappa shape index (κ3) is 4.84. The molecule has 0 radical (unpaired) electrons. The van der Waals surface area contributed by atoms with Crippen molar-refractivity contribution in [2.24, 2.45) is 5.92 Å². The smallest absolute Gasteiger partial charge is 0.251 e. The molecule has 0 spiro atoms. The molecule has 0 saturated heterocycles. The summed E-state index contributed by atoms with van der Waals surface area (Å²) >= 11 is 0. The minimum atomic E-state index is -1.15. The third-order valence-electron chi connectivity index (χ3n) is 6.66.